The fraction of sp³-hybridized carbons (Fsp3) is 0.500. The minimum Gasteiger partial charge on any atom is -0.480 e. The summed E-state index contributed by atoms with van der Waals surface area (Å²) in [7, 11) is 1.87. The predicted octanol–water partition coefficient (Wildman–Crippen LogP) is 0.358. The van der Waals surface area contributed by atoms with E-state index in [2.05, 4.69) is 4.98 Å². The maximum atomic E-state index is 10.9. The third-order valence-electron chi connectivity index (χ3n) is 2.62. The second-order valence-electron chi connectivity index (χ2n) is 4.57. The molecule has 0 spiro atoms. The molecule has 94 valence electrons. The van der Waals surface area contributed by atoms with Crippen LogP contribution in [0.5, 0.6) is 0 Å². The molecule has 17 heavy (non-hydrogen) atoms. The number of carbonyl (C=O) groups is 1. The van der Waals surface area contributed by atoms with Crippen LogP contribution >= 0.6 is 0 Å². The number of hydrogen-bond acceptors (Lipinski definition) is 4. The van der Waals surface area contributed by atoms with Gasteiger partial charge in [0.15, 0.2) is 0 Å². The van der Waals surface area contributed by atoms with E-state index in [1.165, 1.54) is 12.5 Å². The zero-order chi connectivity index (χ0) is 12.9. The fourth-order valence-electron chi connectivity index (χ4n) is 1.58. The summed E-state index contributed by atoms with van der Waals surface area (Å²) in [6.07, 6.45) is 4.36. The van der Waals surface area contributed by atoms with Crippen LogP contribution in [0, 0.1) is 0 Å². The van der Waals surface area contributed by atoms with E-state index >= 15 is 0 Å². The van der Waals surface area contributed by atoms with Crippen LogP contribution in [-0.2, 0) is 11.2 Å². The molecule has 1 unspecified atom stereocenters. The summed E-state index contributed by atoms with van der Waals surface area (Å²) >= 11 is 0. The molecule has 5 nitrogen and oxygen atoms in total. The number of likely N-dealkylation sites (N-methyl/N-ethyl adjacent to an activating group) is 1. The van der Waals surface area contributed by atoms with Crippen molar-refractivity contribution in [1.82, 2.24) is 9.88 Å². The molecule has 0 aliphatic rings. The van der Waals surface area contributed by atoms with Gasteiger partial charge in [-0.2, -0.15) is 0 Å². The van der Waals surface area contributed by atoms with Crippen molar-refractivity contribution in [3.05, 3.63) is 30.1 Å². The summed E-state index contributed by atoms with van der Waals surface area (Å²) < 4.78 is 0. The molecule has 0 amide bonds. The standard InChI is InChI=1S/C12H19N3O2/c1-12(13,11(16)17)9-15(2)8-5-10-3-6-14-7-4-10/h3-4,6-7H,5,8-9,13H2,1-2H3,(H,16,17). The topological polar surface area (TPSA) is 79.5 Å². The van der Waals surface area contributed by atoms with Gasteiger partial charge in [-0.3, -0.25) is 9.78 Å². The third-order valence-corrected chi connectivity index (χ3v) is 2.62. The van der Waals surface area contributed by atoms with Crippen molar-refractivity contribution >= 4 is 5.97 Å². The number of hydrogen-bond donors (Lipinski definition) is 2. The predicted molar refractivity (Wildman–Crippen MR) is 65.7 cm³/mol. The summed E-state index contributed by atoms with van der Waals surface area (Å²) in [6.45, 7) is 2.62. The lowest BCUT2D eigenvalue weighted by atomic mass is 10.0. The number of nitrogens with two attached hydrogens (primary N) is 1. The van der Waals surface area contributed by atoms with Gasteiger partial charge in [-0.1, -0.05) is 0 Å². The maximum absolute atomic E-state index is 10.9. The summed E-state index contributed by atoms with van der Waals surface area (Å²) in [6, 6.07) is 3.90. The normalized spacial score (nSPS) is 14.6. The molecule has 0 saturated carbocycles. The average molecular weight is 237 g/mol. The van der Waals surface area contributed by atoms with Crippen molar-refractivity contribution in [3.8, 4) is 0 Å². The molecule has 0 radical (unpaired) electrons. The van der Waals surface area contributed by atoms with Gasteiger partial charge in [-0.15, -0.1) is 0 Å². The lowest BCUT2D eigenvalue weighted by Crippen LogP contribution is -2.53. The van der Waals surface area contributed by atoms with E-state index in [-0.39, 0.29) is 0 Å². The Bertz CT molecular complexity index is 365. The van der Waals surface area contributed by atoms with Crippen LogP contribution in [0.2, 0.25) is 0 Å². The van der Waals surface area contributed by atoms with Crippen molar-refractivity contribution in [2.45, 2.75) is 18.9 Å². The Labute approximate surface area is 101 Å². The molecule has 1 atom stereocenters. The first-order valence-electron chi connectivity index (χ1n) is 5.51. The maximum Gasteiger partial charge on any atom is 0.324 e. The van der Waals surface area contributed by atoms with Gasteiger partial charge in [0.2, 0.25) is 0 Å². The smallest absolute Gasteiger partial charge is 0.324 e. The Morgan fingerprint density at radius 1 is 1.53 bits per heavy atom. The molecule has 3 N–H and O–H groups in total. The second-order valence-corrected chi connectivity index (χ2v) is 4.57. The van der Waals surface area contributed by atoms with Gasteiger partial charge >= 0.3 is 5.97 Å². The van der Waals surface area contributed by atoms with E-state index in [1.54, 1.807) is 12.4 Å². The monoisotopic (exact) mass is 237 g/mol. The molecule has 0 aliphatic heterocycles. The minimum atomic E-state index is -1.20. The third kappa shape index (κ3) is 4.50. The van der Waals surface area contributed by atoms with E-state index in [4.69, 9.17) is 10.8 Å². The van der Waals surface area contributed by atoms with Gasteiger partial charge in [0.25, 0.3) is 0 Å². The summed E-state index contributed by atoms with van der Waals surface area (Å²) in [4.78, 5) is 16.7. The first-order chi connectivity index (χ1) is 7.92. The lowest BCUT2D eigenvalue weighted by Gasteiger charge is -2.26. The van der Waals surface area contributed by atoms with Gasteiger partial charge < -0.3 is 15.7 Å². The molecule has 0 bridgehead atoms. The first-order valence-corrected chi connectivity index (χ1v) is 5.51. The molecule has 0 aromatic carbocycles. The van der Waals surface area contributed by atoms with Crippen LogP contribution in [0.1, 0.15) is 12.5 Å². The Morgan fingerprint density at radius 2 is 2.12 bits per heavy atom. The fourth-order valence-corrected chi connectivity index (χ4v) is 1.58. The van der Waals surface area contributed by atoms with Crippen LogP contribution in [0.25, 0.3) is 0 Å². The van der Waals surface area contributed by atoms with Crippen LogP contribution in [0.4, 0.5) is 0 Å². The number of carboxylic acids is 1. The highest BCUT2D eigenvalue weighted by atomic mass is 16.4. The van der Waals surface area contributed by atoms with Crippen molar-refractivity contribution in [1.29, 1.82) is 0 Å². The first kappa shape index (κ1) is 13.6. The van der Waals surface area contributed by atoms with Gasteiger partial charge in [0.05, 0.1) is 0 Å². The van der Waals surface area contributed by atoms with E-state index in [1.807, 2.05) is 24.1 Å². The quantitative estimate of drug-likeness (QED) is 0.746. The molecule has 1 aromatic rings. The molecule has 5 heteroatoms. The molecule has 0 saturated heterocycles. The number of nitrogens with zero attached hydrogens (tertiary/aromatic N) is 2. The molecule has 0 fully saturated rings. The largest absolute Gasteiger partial charge is 0.480 e. The Morgan fingerprint density at radius 3 is 2.65 bits per heavy atom. The average Bonchev–Trinajstić information content (AvgIpc) is 2.27. The molecular weight excluding hydrogens is 218 g/mol. The van der Waals surface area contributed by atoms with Crippen LogP contribution < -0.4 is 5.73 Å². The Kier molecular flexibility index (Phi) is 4.60. The zero-order valence-electron chi connectivity index (χ0n) is 10.3. The van der Waals surface area contributed by atoms with E-state index in [9.17, 15) is 4.79 Å². The highest BCUT2D eigenvalue weighted by Gasteiger charge is 2.29. The minimum absolute atomic E-state index is 0.327. The SMILES string of the molecule is CN(CCc1ccncc1)CC(C)(N)C(=O)O. The molecule has 1 aromatic heterocycles. The summed E-state index contributed by atoms with van der Waals surface area (Å²) in [5.74, 6) is -0.978. The highest BCUT2D eigenvalue weighted by molar-refractivity contribution is 5.78. The van der Waals surface area contributed by atoms with Gasteiger partial charge in [0, 0.05) is 25.5 Å². The lowest BCUT2D eigenvalue weighted by molar-refractivity contribution is -0.143. The van der Waals surface area contributed by atoms with Crippen molar-refractivity contribution in [2.75, 3.05) is 20.1 Å². The van der Waals surface area contributed by atoms with E-state index in [0.717, 1.165) is 13.0 Å². The molecule has 1 rings (SSSR count). The number of aliphatic carboxylic acids is 1. The van der Waals surface area contributed by atoms with Crippen molar-refractivity contribution in [2.24, 2.45) is 5.73 Å². The Balaban J connectivity index is 2.41. The van der Waals surface area contributed by atoms with Crippen molar-refractivity contribution in [3.63, 3.8) is 0 Å². The number of pyridine rings is 1. The van der Waals surface area contributed by atoms with E-state index in [0.29, 0.717) is 6.54 Å². The van der Waals surface area contributed by atoms with Crippen LogP contribution in [0.15, 0.2) is 24.5 Å². The highest BCUT2D eigenvalue weighted by Crippen LogP contribution is 2.04. The Hall–Kier alpha value is -1.46. The zero-order valence-corrected chi connectivity index (χ0v) is 10.3. The van der Waals surface area contributed by atoms with Gasteiger partial charge in [0.1, 0.15) is 5.54 Å². The van der Waals surface area contributed by atoms with Gasteiger partial charge in [-0.25, -0.2) is 0 Å². The van der Waals surface area contributed by atoms with Crippen LogP contribution in [0.3, 0.4) is 0 Å². The van der Waals surface area contributed by atoms with Gasteiger partial charge in [-0.05, 0) is 38.1 Å². The molecule has 1 heterocycles. The number of aromatic nitrogens is 1. The number of carboxylic acid groups (broad SMARTS) is 1. The van der Waals surface area contributed by atoms with E-state index < -0.39 is 11.5 Å². The van der Waals surface area contributed by atoms with Crippen molar-refractivity contribution < 1.29 is 9.90 Å². The molecular formula is C12H19N3O2. The summed E-state index contributed by atoms with van der Waals surface area (Å²) in [5, 5.41) is 8.92. The van der Waals surface area contributed by atoms with Crippen LogP contribution in [-0.4, -0.2) is 46.6 Å². The second kappa shape index (κ2) is 5.75. The number of rotatable bonds is 6. The molecule has 0 aliphatic carbocycles. The summed E-state index contributed by atoms with van der Waals surface area (Å²) in [5.41, 5.74) is 5.66.